The molecule has 0 amide bonds. The van der Waals surface area contributed by atoms with Gasteiger partial charge in [0.1, 0.15) is 0 Å². The first-order chi connectivity index (χ1) is 7.50. The Hall–Kier alpha value is -0.590. The summed E-state index contributed by atoms with van der Waals surface area (Å²) in [4.78, 5) is 12.1. The van der Waals surface area contributed by atoms with Gasteiger partial charge in [-0.2, -0.15) is 0 Å². The van der Waals surface area contributed by atoms with Crippen molar-refractivity contribution in [3.8, 4) is 0 Å². The van der Waals surface area contributed by atoms with Gasteiger partial charge in [-0.15, -0.1) is 0 Å². The zero-order valence-electron chi connectivity index (χ0n) is 11.3. The number of Topliss-reactive ketones (excluding diaryl/α,β-unsaturated/α-hetero) is 1. The summed E-state index contributed by atoms with van der Waals surface area (Å²) in [6.45, 7) is 8.69. The highest BCUT2D eigenvalue weighted by atomic mass is 16.1. The van der Waals surface area contributed by atoms with E-state index in [0.29, 0.717) is 11.7 Å². The van der Waals surface area contributed by atoms with Crippen LogP contribution in [0, 0.1) is 11.8 Å². The average Bonchev–Trinajstić information content (AvgIpc) is 2.16. The summed E-state index contributed by atoms with van der Waals surface area (Å²) in [5, 5.41) is 0. The van der Waals surface area contributed by atoms with Gasteiger partial charge in [-0.05, 0) is 44.1 Å². The first kappa shape index (κ1) is 13.5. The predicted molar refractivity (Wildman–Crippen MR) is 69.4 cm³/mol. The van der Waals surface area contributed by atoms with Crippen molar-refractivity contribution < 1.29 is 4.79 Å². The molecule has 0 heterocycles. The minimum Gasteiger partial charge on any atom is -0.295 e. The molecule has 92 valence electrons. The Morgan fingerprint density at radius 1 is 1.06 bits per heavy atom. The summed E-state index contributed by atoms with van der Waals surface area (Å²) >= 11 is 0. The number of hydrogen-bond acceptors (Lipinski definition) is 1. The van der Waals surface area contributed by atoms with E-state index in [9.17, 15) is 4.79 Å². The first-order valence-corrected chi connectivity index (χ1v) is 6.70. The molecule has 0 aromatic heterocycles. The van der Waals surface area contributed by atoms with Crippen LogP contribution in [0.3, 0.4) is 0 Å². The van der Waals surface area contributed by atoms with E-state index in [4.69, 9.17) is 0 Å². The molecular weight excluding hydrogens is 196 g/mol. The molecule has 1 saturated carbocycles. The molecule has 0 aromatic carbocycles. The molecular formula is C15H26O. The third-order valence-electron chi connectivity index (χ3n) is 3.75. The van der Waals surface area contributed by atoms with E-state index in [2.05, 4.69) is 27.7 Å². The van der Waals surface area contributed by atoms with Gasteiger partial charge in [0.15, 0.2) is 5.78 Å². The molecule has 0 aliphatic heterocycles. The molecule has 0 radical (unpaired) electrons. The van der Waals surface area contributed by atoms with Crippen molar-refractivity contribution in [2.24, 2.45) is 11.8 Å². The van der Waals surface area contributed by atoms with E-state index in [0.717, 1.165) is 24.3 Å². The monoisotopic (exact) mass is 222 g/mol. The quantitative estimate of drug-likeness (QED) is 0.551. The van der Waals surface area contributed by atoms with Gasteiger partial charge in [0.2, 0.25) is 0 Å². The van der Waals surface area contributed by atoms with Gasteiger partial charge in [0, 0.05) is 6.42 Å². The largest absolute Gasteiger partial charge is 0.295 e. The summed E-state index contributed by atoms with van der Waals surface area (Å²) in [7, 11) is 0. The van der Waals surface area contributed by atoms with Crippen molar-refractivity contribution in [1.29, 1.82) is 0 Å². The van der Waals surface area contributed by atoms with Gasteiger partial charge in [-0.3, -0.25) is 4.79 Å². The maximum atomic E-state index is 12.1. The van der Waals surface area contributed by atoms with Gasteiger partial charge in [0.05, 0.1) is 0 Å². The van der Waals surface area contributed by atoms with E-state index in [1.807, 2.05) is 0 Å². The maximum Gasteiger partial charge on any atom is 0.159 e. The Kier molecular flexibility index (Phi) is 5.24. The molecule has 0 bridgehead atoms. The lowest BCUT2D eigenvalue weighted by molar-refractivity contribution is -0.116. The molecule has 0 aromatic rings. The Morgan fingerprint density at radius 2 is 1.69 bits per heavy atom. The molecule has 1 aliphatic carbocycles. The van der Waals surface area contributed by atoms with Gasteiger partial charge in [-0.25, -0.2) is 0 Å². The number of carbonyl (C=O) groups excluding carboxylic acids is 1. The number of ketones is 1. The Morgan fingerprint density at radius 3 is 2.31 bits per heavy atom. The number of hydrogen-bond donors (Lipinski definition) is 0. The zero-order valence-corrected chi connectivity index (χ0v) is 11.3. The molecule has 2 unspecified atom stereocenters. The van der Waals surface area contributed by atoms with Crippen LogP contribution >= 0.6 is 0 Å². The van der Waals surface area contributed by atoms with E-state index >= 15 is 0 Å². The highest BCUT2D eigenvalue weighted by molar-refractivity contribution is 5.96. The highest BCUT2D eigenvalue weighted by Gasteiger charge is 2.18. The lowest BCUT2D eigenvalue weighted by atomic mass is 9.85. The molecule has 2 atom stereocenters. The summed E-state index contributed by atoms with van der Waals surface area (Å²) in [6, 6.07) is 0. The van der Waals surface area contributed by atoms with Crippen molar-refractivity contribution >= 4 is 5.78 Å². The fourth-order valence-electron chi connectivity index (χ4n) is 2.56. The smallest absolute Gasteiger partial charge is 0.159 e. The van der Waals surface area contributed by atoms with Gasteiger partial charge < -0.3 is 0 Å². The van der Waals surface area contributed by atoms with Crippen LogP contribution in [0.1, 0.15) is 66.2 Å². The van der Waals surface area contributed by atoms with Crippen LogP contribution in [0.4, 0.5) is 0 Å². The molecule has 1 nitrogen and oxygen atoms in total. The number of carbonyl (C=O) groups is 1. The van der Waals surface area contributed by atoms with E-state index < -0.39 is 0 Å². The Labute approximate surface area is 100 Å². The zero-order chi connectivity index (χ0) is 12.1. The second kappa shape index (κ2) is 6.22. The Balaban J connectivity index is 2.76. The third-order valence-corrected chi connectivity index (χ3v) is 3.75. The van der Waals surface area contributed by atoms with Crippen LogP contribution in [-0.4, -0.2) is 5.78 Å². The minimum absolute atomic E-state index is 0.404. The average molecular weight is 222 g/mol. The van der Waals surface area contributed by atoms with E-state index in [1.54, 1.807) is 0 Å². The minimum atomic E-state index is 0.404. The normalized spacial score (nSPS) is 29.0. The molecule has 1 aliphatic rings. The molecule has 0 saturated heterocycles. The first-order valence-electron chi connectivity index (χ1n) is 6.70. The van der Waals surface area contributed by atoms with E-state index in [-0.39, 0.29) is 0 Å². The molecule has 1 fully saturated rings. The fraction of sp³-hybridized carbons (Fsp3) is 0.800. The van der Waals surface area contributed by atoms with Crippen molar-refractivity contribution in [3.05, 3.63) is 11.1 Å². The second-order valence-corrected chi connectivity index (χ2v) is 5.79. The van der Waals surface area contributed by atoms with Crippen molar-refractivity contribution in [1.82, 2.24) is 0 Å². The maximum absolute atomic E-state index is 12.1. The molecule has 16 heavy (non-hydrogen) atoms. The van der Waals surface area contributed by atoms with Crippen LogP contribution < -0.4 is 0 Å². The van der Waals surface area contributed by atoms with Crippen molar-refractivity contribution in [2.75, 3.05) is 0 Å². The lowest BCUT2D eigenvalue weighted by Gasteiger charge is -2.19. The van der Waals surface area contributed by atoms with Crippen LogP contribution in [-0.2, 0) is 4.79 Å². The fourth-order valence-corrected chi connectivity index (χ4v) is 2.56. The summed E-state index contributed by atoms with van der Waals surface area (Å²) in [6.07, 6.45) is 6.77. The third kappa shape index (κ3) is 4.11. The lowest BCUT2D eigenvalue weighted by Crippen LogP contribution is -2.13. The molecule has 0 spiro atoms. The van der Waals surface area contributed by atoms with Gasteiger partial charge >= 0.3 is 0 Å². The standard InChI is InChI=1S/C15H26O/c1-11(2)14-9-8-12(3)6-5-7-13(4)10-15(14)16/h12-13H,5-10H2,1-4H3. The van der Waals surface area contributed by atoms with Crippen molar-refractivity contribution in [3.63, 3.8) is 0 Å². The highest BCUT2D eigenvalue weighted by Crippen LogP contribution is 2.26. The number of rotatable bonds is 0. The topological polar surface area (TPSA) is 17.1 Å². The van der Waals surface area contributed by atoms with Crippen LogP contribution in [0.2, 0.25) is 0 Å². The van der Waals surface area contributed by atoms with E-state index in [1.165, 1.54) is 31.3 Å². The van der Waals surface area contributed by atoms with Crippen LogP contribution in [0.5, 0.6) is 0 Å². The summed E-state index contributed by atoms with van der Waals surface area (Å²) in [5.74, 6) is 1.74. The number of allylic oxidation sites excluding steroid dienone is 2. The predicted octanol–water partition coefficient (Wildman–Crippen LogP) is 4.52. The second-order valence-electron chi connectivity index (χ2n) is 5.79. The molecule has 1 heteroatoms. The summed E-state index contributed by atoms with van der Waals surface area (Å²) in [5.41, 5.74) is 2.34. The SMILES string of the molecule is CC(C)=C1CCC(C)CCCC(C)CC1=O. The van der Waals surface area contributed by atoms with Crippen LogP contribution in [0.25, 0.3) is 0 Å². The van der Waals surface area contributed by atoms with Crippen molar-refractivity contribution in [2.45, 2.75) is 66.2 Å². The molecule has 1 rings (SSSR count). The molecule has 0 N–H and O–H groups in total. The summed E-state index contributed by atoms with van der Waals surface area (Å²) < 4.78 is 0. The Bertz CT molecular complexity index is 271. The van der Waals surface area contributed by atoms with Gasteiger partial charge in [-0.1, -0.05) is 38.7 Å². The van der Waals surface area contributed by atoms with Crippen LogP contribution in [0.15, 0.2) is 11.1 Å². The van der Waals surface area contributed by atoms with Gasteiger partial charge in [0.25, 0.3) is 0 Å².